The van der Waals surface area contributed by atoms with Crippen LogP contribution in [-0.2, 0) is 19.9 Å². The fourth-order valence-electron chi connectivity index (χ4n) is 4.61. The molecule has 1 saturated heterocycles. The van der Waals surface area contributed by atoms with Gasteiger partial charge in [0, 0.05) is 30.4 Å². The Morgan fingerprint density at radius 2 is 1.88 bits per heavy atom. The summed E-state index contributed by atoms with van der Waals surface area (Å²) in [5, 5.41) is 4.56. The van der Waals surface area contributed by atoms with Gasteiger partial charge in [0.25, 0.3) is 5.91 Å². The van der Waals surface area contributed by atoms with Gasteiger partial charge in [-0.1, -0.05) is 6.07 Å². The SMILES string of the molecule is Cc1nn(C)c(C)c1[C@H]1CCCN1C(=O)c1ccc2c(c1)CCCC2. The topological polar surface area (TPSA) is 38.1 Å². The van der Waals surface area contributed by atoms with Crippen molar-refractivity contribution >= 4 is 5.91 Å². The highest BCUT2D eigenvalue weighted by Gasteiger charge is 2.34. The zero-order chi connectivity index (χ0) is 17.6. The molecule has 132 valence electrons. The second kappa shape index (κ2) is 6.32. The summed E-state index contributed by atoms with van der Waals surface area (Å²) >= 11 is 0. The molecular formula is C21H27N3O. The summed E-state index contributed by atoms with van der Waals surface area (Å²) in [5.41, 5.74) is 7.13. The molecular weight excluding hydrogens is 310 g/mol. The molecule has 1 amide bonds. The third kappa shape index (κ3) is 2.78. The van der Waals surface area contributed by atoms with Gasteiger partial charge in [-0.3, -0.25) is 9.48 Å². The first-order valence-corrected chi connectivity index (χ1v) is 9.49. The summed E-state index contributed by atoms with van der Waals surface area (Å²) in [4.78, 5) is 15.3. The average Bonchev–Trinajstić information content (AvgIpc) is 3.18. The van der Waals surface area contributed by atoms with Crippen molar-refractivity contribution in [1.82, 2.24) is 14.7 Å². The molecule has 0 spiro atoms. The fourth-order valence-corrected chi connectivity index (χ4v) is 4.61. The minimum Gasteiger partial charge on any atom is -0.331 e. The molecule has 25 heavy (non-hydrogen) atoms. The number of carbonyl (C=O) groups excluding carboxylic acids is 1. The zero-order valence-corrected chi connectivity index (χ0v) is 15.5. The van der Waals surface area contributed by atoms with Crippen molar-refractivity contribution in [3.8, 4) is 0 Å². The number of fused-ring (bicyclic) bond motifs is 1. The van der Waals surface area contributed by atoms with Gasteiger partial charge in [-0.15, -0.1) is 0 Å². The van der Waals surface area contributed by atoms with E-state index in [0.717, 1.165) is 43.5 Å². The van der Waals surface area contributed by atoms with Gasteiger partial charge in [-0.25, -0.2) is 0 Å². The number of benzene rings is 1. The number of carbonyl (C=O) groups is 1. The molecule has 1 atom stereocenters. The maximum atomic E-state index is 13.2. The Hall–Kier alpha value is -2.10. The van der Waals surface area contributed by atoms with E-state index in [9.17, 15) is 4.79 Å². The van der Waals surface area contributed by atoms with Gasteiger partial charge >= 0.3 is 0 Å². The maximum absolute atomic E-state index is 13.2. The predicted molar refractivity (Wildman–Crippen MR) is 98.8 cm³/mol. The fraction of sp³-hybridized carbons (Fsp3) is 0.524. The van der Waals surface area contributed by atoms with E-state index in [1.165, 1.54) is 35.2 Å². The molecule has 0 unspecified atom stereocenters. The molecule has 0 radical (unpaired) electrons. The third-order valence-corrected chi connectivity index (χ3v) is 6.01. The van der Waals surface area contributed by atoms with Gasteiger partial charge in [0.05, 0.1) is 11.7 Å². The van der Waals surface area contributed by atoms with Crippen molar-refractivity contribution in [2.24, 2.45) is 7.05 Å². The van der Waals surface area contributed by atoms with Gasteiger partial charge < -0.3 is 4.90 Å². The van der Waals surface area contributed by atoms with E-state index >= 15 is 0 Å². The minimum absolute atomic E-state index is 0.164. The van der Waals surface area contributed by atoms with Crippen LogP contribution in [0.1, 0.15) is 70.2 Å². The number of hydrogen-bond donors (Lipinski definition) is 0. The second-order valence-electron chi connectivity index (χ2n) is 7.56. The van der Waals surface area contributed by atoms with Crippen LogP contribution >= 0.6 is 0 Å². The quantitative estimate of drug-likeness (QED) is 0.834. The number of aromatic nitrogens is 2. The lowest BCUT2D eigenvalue weighted by atomic mass is 9.90. The van der Waals surface area contributed by atoms with Crippen molar-refractivity contribution in [3.05, 3.63) is 51.8 Å². The normalized spacial score (nSPS) is 20.0. The van der Waals surface area contributed by atoms with Crippen LogP contribution in [-0.4, -0.2) is 27.1 Å². The Kier molecular flexibility index (Phi) is 4.14. The molecule has 1 aliphatic carbocycles. The van der Waals surface area contributed by atoms with E-state index in [1.54, 1.807) is 0 Å². The third-order valence-electron chi connectivity index (χ3n) is 6.01. The van der Waals surface area contributed by atoms with Crippen LogP contribution in [0.5, 0.6) is 0 Å². The van der Waals surface area contributed by atoms with Crippen molar-refractivity contribution < 1.29 is 4.79 Å². The highest BCUT2D eigenvalue weighted by atomic mass is 16.2. The number of nitrogens with zero attached hydrogens (tertiary/aromatic N) is 3. The van der Waals surface area contributed by atoms with Gasteiger partial charge in [-0.2, -0.15) is 5.10 Å². The molecule has 1 fully saturated rings. The van der Waals surface area contributed by atoms with Crippen LogP contribution in [0.2, 0.25) is 0 Å². The van der Waals surface area contributed by atoms with Crippen LogP contribution < -0.4 is 0 Å². The van der Waals surface area contributed by atoms with Gasteiger partial charge in [0.1, 0.15) is 0 Å². The molecule has 2 aromatic rings. The van der Waals surface area contributed by atoms with E-state index in [2.05, 4.69) is 36.0 Å². The van der Waals surface area contributed by atoms with Gasteiger partial charge in [0.15, 0.2) is 0 Å². The number of hydrogen-bond acceptors (Lipinski definition) is 2. The molecule has 2 aliphatic rings. The Morgan fingerprint density at radius 3 is 2.60 bits per heavy atom. The first-order chi connectivity index (χ1) is 12.1. The lowest BCUT2D eigenvalue weighted by Gasteiger charge is -2.26. The summed E-state index contributed by atoms with van der Waals surface area (Å²) < 4.78 is 1.94. The summed E-state index contributed by atoms with van der Waals surface area (Å²) in [6, 6.07) is 6.52. The first kappa shape index (κ1) is 16.4. The second-order valence-corrected chi connectivity index (χ2v) is 7.56. The summed E-state index contributed by atoms with van der Waals surface area (Å²) in [7, 11) is 1.98. The standard InChI is InChI=1S/C21H27N3O/c1-14-20(15(2)23(3)22-14)19-9-6-12-24(19)21(25)18-11-10-16-7-4-5-8-17(16)13-18/h10-11,13,19H,4-9,12H2,1-3H3/t19-/m1/s1. The summed E-state index contributed by atoms with van der Waals surface area (Å²) in [6.45, 7) is 5.01. The van der Waals surface area contributed by atoms with E-state index in [0.29, 0.717) is 0 Å². The number of rotatable bonds is 2. The molecule has 0 N–H and O–H groups in total. The molecule has 4 heteroatoms. The molecule has 4 nitrogen and oxygen atoms in total. The Labute approximate surface area is 149 Å². The van der Waals surface area contributed by atoms with Crippen LogP contribution in [0, 0.1) is 13.8 Å². The Morgan fingerprint density at radius 1 is 1.12 bits per heavy atom. The molecule has 1 aromatic heterocycles. The number of amides is 1. The number of likely N-dealkylation sites (tertiary alicyclic amines) is 1. The minimum atomic E-state index is 0.164. The van der Waals surface area contributed by atoms with E-state index in [4.69, 9.17) is 0 Å². The predicted octanol–water partition coefficient (Wildman–Crippen LogP) is 3.89. The zero-order valence-electron chi connectivity index (χ0n) is 15.5. The van der Waals surface area contributed by atoms with Crippen molar-refractivity contribution in [1.29, 1.82) is 0 Å². The lowest BCUT2D eigenvalue weighted by molar-refractivity contribution is 0.0735. The monoisotopic (exact) mass is 337 g/mol. The Bertz CT molecular complexity index is 821. The molecule has 1 aliphatic heterocycles. The van der Waals surface area contributed by atoms with Crippen LogP contribution in [0.25, 0.3) is 0 Å². The highest BCUT2D eigenvalue weighted by Crippen LogP contribution is 2.36. The van der Waals surface area contributed by atoms with E-state index in [-0.39, 0.29) is 11.9 Å². The molecule has 0 saturated carbocycles. The summed E-state index contributed by atoms with van der Waals surface area (Å²) in [6.07, 6.45) is 6.88. The Balaban J connectivity index is 1.65. The molecule has 1 aromatic carbocycles. The first-order valence-electron chi connectivity index (χ1n) is 9.49. The van der Waals surface area contributed by atoms with Crippen molar-refractivity contribution in [2.75, 3.05) is 6.54 Å². The maximum Gasteiger partial charge on any atom is 0.254 e. The van der Waals surface area contributed by atoms with Gasteiger partial charge in [-0.05, 0) is 75.6 Å². The summed E-state index contributed by atoms with van der Waals surface area (Å²) in [5.74, 6) is 0.179. The number of aryl methyl sites for hydroxylation is 4. The van der Waals surface area contributed by atoms with Crippen LogP contribution in [0.15, 0.2) is 18.2 Å². The largest absolute Gasteiger partial charge is 0.331 e. The molecule has 2 heterocycles. The van der Waals surface area contributed by atoms with Gasteiger partial charge in [0.2, 0.25) is 0 Å². The van der Waals surface area contributed by atoms with Crippen molar-refractivity contribution in [3.63, 3.8) is 0 Å². The smallest absolute Gasteiger partial charge is 0.254 e. The van der Waals surface area contributed by atoms with E-state index < -0.39 is 0 Å². The van der Waals surface area contributed by atoms with Crippen molar-refractivity contribution in [2.45, 2.75) is 58.4 Å². The lowest BCUT2D eigenvalue weighted by Crippen LogP contribution is -2.31. The van der Waals surface area contributed by atoms with Crippen LogP contribution in [0.4, 0.5) is 0 Å². The van der Waals surface area contributed by atoms with Crippen LogP contribution in [0.3, 0.4) is 0 Å². The van der Waals surface area contributed by atoms with E-state index in [1.807, 2.05) is 17.8 Å². The molecule has 4 rings (SSSR count). The molecule has 0 bridgehead atoms. The average molecular weight is 337 g/mol. The highest BCUT2D eigenvalue weighted by molar-refractivity contribution is 5.95.